The van der Waals surface area contributed by atoms with Crippen LogP contribution in [0.25, 0.3) is 0 Å². The van der Waals surface area contributed by atoms with Crippen LogP contribution in [0, 0.1) is 25.2 Å². The van der Waals surface area contributed by atoms with Crippen molar-refractivity contribution in [1.29, 1.82) is 5.26 Å². The molecule has 3 N–H and O–H groups in total. The third-order valence-electron chi connectivity index (χ3n) is 2.94. The number of hydrogen-bond donors (Lipinski definition) is 2. The minimum atomic E-state index is 0.587. The topological polar surface area (TPSA) is 61.8 Å². The van der Waals surface area contributed by atoms with Crippen molar-refractivity contribution >= 4 is 33.0 Å². The third-order valence-corrected chi connectivity index (χ3v) is 3.40. The number of halogens is 1. The molecule has 0 atom stereocenters. The molecule has 0 amide bonds. The molecule has 0 radical (unpaired) electrons. The molecule has 0 saturated heterocycles. The quantitative estimate of drug-likeness (QED) is 0.814. The van der Waals surface area contributed by atoms with Gasteiger partial charge in [0.05, 0.1) is 23.0 Å². The molecule has 0 unspecified atom stereocenters. The van der Waals surface area contributed by atoms with Gasteiger partial charge in [0.1, 0.15) is 0 Å². The number of nitrogens with two attached hydrogens (primary N) is 1. The molecule has 0 spiro atoms. The average Bonchev–Trinajstić information content (AvgIpc) is 2.35. The maximum atomic E-state index is 8.94. The van der Waals surface area contributed by atoms with E-state index in [4.69, 9.17) is 11.0 Å². The molecule has 2 rings (SSSR count). The Kier molecular flexibility index (Phi) is 3.77. The monoisotopic (exact) mass is 315 g/mol. The van der Waals surface area contributed by atoms with Crippen LogP contribution in [-0.2, 0) is 0 Å². The lowest BCUT2D eigenvalue weighted by atomic mass is 10.1. The number of nitrogens with zero attached hydrogens (tertiary/aromatic N) is 1. The molecule has 96 valence electrons. The summed E-state index contributed by atoms with van der Waals surface area (Å²) in [6.45, 7) is 4.06. The van der Waals surface area contributed by atoms with Gasteiger partial charge in [-0.25, -0.2) is 0 Å². The van der Waals surface area contributed by atoms with Crippen molar-refractivity contribution in [1.82, 2.24) is 0 Å². The third kappa shape index (κ3) is 2.88. The van der Waals surface area contributed by atoms with Gasteiger partial charge in [-0.1, -0.05) is 15.9 Å². The smallest absolute Gasteiger partial charge is 0.0992 e. The molecule has 3 nitrogen and oxygen atoms in total. The molecule has 0 aromatic heterocycles. The Bertz CT molecular complexity index is 649. The Hall–Kier alpha value is -1.99. The molecule has 2 aromatic rings. The van der Waals surface area contributed by atoms with E-state index in [1.807, 2.05) is 26.0 Å². The first-order chi connectivity index (χ1) is 9.01. The molecule has 19 heavy (non-hydrogen) atoms. The van der Waals surface area contributed by atoms with Crippen LogP contribution >= 0.6 is 15.9 Å². The molecule has 2 aromatic carbocycles. The SMILES string of the molecule is Cc1cc(Br)cc(C)c1Nc1cc(C#N)ccc1N. The van der Waals surface area contributed by atoms with Gasteiger partial charge in [0.2, 0.25) is 0 Å². The Morgan fingerprint density at radius 2 is 1.79 bits per heavy atom. The van der Waals surface area contributed by atoms with Crippen molar-refractivity contribution in [3.05, 3.63) is 51.5 Å². The lowest BCUT2D eigenvalue weighted by Crippen LogP contribution is -2.00. The second-order valence-corrected chi connectivity index (χ2v) is 5.37. The number of nitrogen functional groups attached to an aromatic ring is 1. The minimum Gasteiger partial charge on any atom is -0.397 e. The van der Waals surface area contributed by atoms with E-state index in [1.165, 1.54) is 0 Å². The van der Waals surface area contributed by atoms with Crippen molar-refractivity contribution in [3.8, 4) is 6.07 Å². The van der Waals surface area contributed by atoms with Crippen molar-refractivity contribution in [2.24, 2.45) is 0 Å². The highest BCUT2D eigenvalue weighted by Crippen LogP contribution is 2.30. The van der Waals surface area contributed by atoms with Gasteiger partial charge < -0.3 is 11.1 Å². The van der Waals surface area contributed by atoms with Crippen LogP contribution in [0.2, 0.25) is 0 Å². The highest BCUT2D eigenvalue weighted by molar-refractivity contribution is 9.10. The molecular formula is C15H14BrN3. The van der Waals surface area contributed by atoms with Gasteiger partial charge in [-0.05, 0) is 55.3 Å². The fraction of sp³-hybridized carbons (Fsp3) is 0.133. The Labute approximate surface area is 121 Å². The summed E-state index contributed by atoms with van der Waals surface area (Å²) in [7, 11) is 0. The van der Waals surface area contributed by atoms with Crippen molar-refractivity contribution < 1.29 is 0 Å². The van der Waals surface area contributed by atoms with E-state index in [0.717, 1.165) is 27.0 Å². The van der Waals surface area contributed by atoms with Crippen LogP contribution in [0.4, 0.5) is 17.1 Å². The molecule has 0 aliphatic rings. The summed E-state index contributed by atoms with van der Waals surface area (Å²) in [6.07, 6.45) is 0. The summed E-state index contributed by atoms with van der Waals surface area (Å²) in [5, 5.41) is 12.3. The summed E-state index contributed by atoms with van der Waals surface area (Å²) in [6, 6.07) is 11.4. The van der Waals surface area contributed by atoms with Gasteiger partial charge in [-0.2, -0.15) is 5.26 Å². The van der Waals surface area contributed by atoms with Crippen LogP contribution in [0.15, 0.2) is 34.8 Å². The summed E-state index contributed by atoms with van der Waals surface area (Å²) in [5.41, 5.74) is 11.2. The van der Waals surface area contributed by atoms with E-state index in [0.29, 0.717) is 11.3 Å². The highest BCUT2D eigenvalue weighted by Gasteiger charge is 2.07. The van der Waals surface area contributed by atoms with Crippen LogP contribution in [-0.4, -0.2) is 0 Å². The van der Waals surface area contributed by atoms with Crippen LogP contribution in [0.1, 0.15) is 16.7 Å². The number of benzene rings is 2. The van der Waals surface area contributed by atoms with Gasteiger partial charge in [-0.15, -0.1) is 0 Å². The van der Waals surface area contributed by atoms with Gasteiger partial charge in [0.25, 0.3) is 0 Å². The molecule has 4 heteroatoms. The number of nitrogens with one attached hydrogen (secondary N) is 1. The number of nitriles is 1. The van der Waals surface area contributed by atoms with Crippen molar-refractivity contribution in [3.63, 3.8) is 0 Å². The first kappa shape index (κ1) is 13.4. The van der Waals surface area contributed by atoms with Gasteiger partial charge in [-0.3, -0.25) is 0 Å². The molecule has 0 bridgehead atoms. The number of aryl methyl sites for hydroxylation is 2. The van der Waals surface area contributed by atoms with Gasteiger partial charge in [0.15, 0.2) is 0 Å². The predicted octanol–water partition coefficient (Wildman–Crippen LogP) is 4.26. The Morgan fingerprint density at radius 1 is 1.16 bits per heavy atom. The lowest BCUT2D eigenvalue weighted by Gasteiger charge is -2.15. The maximum Gasteiger partial charge on any atom is 0.0992 e. The first-order valence-electron chi connectivity index (χ1n) is 5.84. The number of anilines is 3. The summed E-state index contributed by atoms with van der Waals surface area (Å²) in [4.78, 5) is 0. The van der Waals surface area contributed by atoms with Gasteiger partial charge >= 0.3 is 0 Å². The van der Waals surface area contributed by atoms with Crippen molar-refractivity contribution in [2.45, 2.75) is 13.8 Å². The largest absolute Gasteiger partial charge is 0.397 e. The summed E-state index contributed by atoms with van der Waals surface area (Å²) in [5.74, 6) is 0. The Balaban J connectivity index is 2.45. The normalized spacial score (nSPS) is 10.0. The fourth-order valence-corrected chi connectivity index (χ4v) is 2.66. The molecule has 0 fully saturated rings. The van der Waals surface area contributed by atoms with Crippen LogP contribution < -0.4 is 11.1 Å². The predicted molar refractivity (Wildman–Crippen MR) is 82.5 cm³/mol. The van der Waals surface area contributed by atoms with Gasteiger partial charge in [0, 0.05) is 10.2 Å². The second-order valence-electron chi connectivity index (χ2n) is 4.45. The van der Waals surface area contributed by atoms with E-state index in [-0.39, 0.29) is 0 Å². The molecule has 0 heterocycles. The molecule has 0 saturated carbocycles. The van der Waals surface area contributed by atoms with Crippen molar-refractivity contribution in [2.75, 3.05) is 11.1 Å². The molecular weight excluding hydrogens is 302 g/mol. The minimum absolute atomic E-state index is 0.587. The summed E-state index contributed by atoms with van der Waals surface area (Å²) < 4.78 is 1.05. The standard InChI is InChI=1S/C15H14BrN3/c1-9-5-12(16)6-10(2)15(9)19-14-7-11(8-17)3-4-13(14)18/h3-7,19H,18H2,1-2H3. The zero-order valence-electron chi connectivity index (χ0n) is 10.8. The molecule has 0 aliphatic carbocycles. The van der Waals surface area contributed by atoms with E-state index in [2.05, 4.69) is 27.3 Å². The number of hydrogen-bond acceptors (Lipinski definition) is 3. The number of rotatable bonds is 2. The van der Waals surface area contributed by atoms with E-state index in [1.54, 1.807) is 18.2 Å². The Morgan fingerprint density at radius 3 is 2.37 bits per heavy atom. The summed E-state index contributed by atoms with van der Waals surface area (Å²) >= 11 is 3.47. The molecule has 0 aliphatic heterocycles. The highest BCUT2D eigenvalue weighted by atomic mass is 79.9. The second kappa shape index (κ2) is 5.33. The maximum absolute atomic E-state index is 8.94. The van der Waals surface area contributed by atoms with Crippen LogP contribution in [0.5, 0.6) is 0 Å². The zero-order chi connectivity index (χ0) is 14.0. The van der Waals surface area contributed by atoms with E-state index in [9.17, 15) is 0 Å². The first-order valence-corrected chi connectivity index (χ1v) is 6.64. The van der Waals surface area contributed by atoms with E-state index < -0.39 is 0 Å². The average molecular weight is 316 g/mol. The zero-order valence-corrected chi connectivity index (χ0v) is 12.4. The van der Waals surface area contributed by atoms with Crippen LogP contribution in [0.3, 0.4) is 0 Å². The fourth-order valence-electron chi connectivity index (χ4n) is 1.98. The van der Waals surface area contributed by atoms with E-state index >= 15 is 0 Å². The lowest BCUT2D eigenvalue weighted by molar-refractivity contribution is 1.34.